The molecular formula is C16H16N2O3. The van der Waals surface area contributed by atoms with E-state index in [1.165, 1.54) is 6.07 Å². The zero-order chi connectivity index (χ0) is 14.8. The first-order chi connectivity index (χ1) is 10.1. The van der Waals surface area contributed by atoms with Crippen molar-refractivity contribution in [3.05, 3.63) is 47.2 Å². The molecule has 5 nitrogen and oxygen atoms in total. The molecule has 0 radical (unpaired) electrons. The van der Waals surface area contributed by atoms with Crippen molar-refractivity contribution in [3.63, 3.8) is 0 Å². The highest BCUT2D eigenvalue weighted by Crippen LogP contribution is 2.30. The number of benzene rings is 1. The second-order valence-corrected chi connectivity index (χ2v) is 5.12. The van der Waals surface area contributed by atoms with Crippen molar-refractivity contribution in [1.82, 2.24) is 4.98 Å². The molecule has 21 heavy (non-hydrogen) atoms. The lowest BCUT2D eigenvalue weighted by Gasteiger charge is -2.17. The van der Waals surface area contributed by atoms with Crippen LogP contribution in [-0.2, 0) is 12.8 Å². The molecule has 2 aromatic rings. The first-order valence-electron chi connectivity index (χ1n) is 6.93. The Bertz CT molecular complexity index is 698. The molecule has 108 valence electrons. The van der Waals surface area contributed by atoms with Gasteiger partial charge in [-0.25, -0.2) is 4.98 Å². The molecule has 5 heteroatoms. The van der Waals surface area contributed by atoms with E-state index >= 15 is 0 Å². The molecule has 0 aliphatic heterocycles. The number of ether oxygens (including phenoxy) is 1. The number of carbonyl (C=O) groups is 1. The number of aromatic nitrogens is 1. The molecule has 0 saturated carbocycles. The Kier molecular flexibility index (Phi) is 3.48. The minimum atomic E-state index is -0.564. The Morgan fingerprint density at radius 2 is 2.05 bits per heavy atom. The van der Waals surface area contributed by atoms with Crippen LogP contribution in [0.3, 0.4) is 0 Å². The van der Waals surface area contributed by atoms with E-state index in [0.29, 0.717) is 5.75 Å². The number of hydrogen-bond acceptors (Lipinski definition) is 4. The van der Waals surface area contributed by atoms with Gasteiger partial charge in [-0.1, -0.05) is 6.07 Å². The van der Waals surface area contributed by atoms with Gasteiger partial charge in [-0.2, -0.15) is 0 Å². The van der Waals surface area contributed by atoms with E-state index in [1.54, 1.807) is 24.3 Å². The summed E-state index contributed by atoms with van der Waals surface area (Å²) in [5.41, 5.74) is 7.73. The number of primary amides is 1. The molecule has 3 rings (SSSR count). The van der Waals surface area contributed by atoms with Gasteiger partial charge < -0.3 is 15.6 Å². The highest BCUT2D eigenvalue weighted by atomic mass is 16.5. The monoisotopic (exact) mass is 284 g/mol. The zero-order valence-electron chi connectivity index (χ0n) is 11.5. The van der Waals surface area contributed by atoms with Crippen molar-refractivity contribution in [3.8, 4) is 17.4 Å². The SMILES string of the molecule is NC(=O)c1cc2c(nc1Oc1cccc(O)c1)CCCC2. The molecule has 0 unspecified atom stereocenters. The molecule has 0 atom stereocenters. The standard InChI is InChI=1S/C16H16N2O3/c17-15(20)13-8-10-4-1-2-7-14(10)18-16(13)21-12-6-3-5-11(19)9-12/h3,5-6,8-9,19H,1-2,4,7H2,(H2,17,20). The maximum absolute atomic E-state index is 11.6. The largest absolute Gasteiger partial charge is 0.508 e. The van der Waals surface area contributed by atoms with Crippen molar-refractivity contribution in [2.45, 2.75) is 25.7 Å². The molecule has 0 saturated heterocycles. The summed E-state index contributed by atoms with van der Waals surface area (Å²) in [7, 11) is 0. The quantitative estimate of drug-likeness (QED) is 0.907. The van der Waals surface area contributed by atoms with Crippen molar-refractivity contribution < 1.29 is 14.6 Å². The fraction of sp³-hybridized carbons (Fsp3) is 0.250. The Labute approximate surface area is 122 Å². The van der Waals surface area contributed by atoms with Crippen LogP contribution in [-0.4, -0.2) is 16.0 Å². The van der Waals surface area contributed by atoms with E-state index in [1.807, 2.05) is 0 Å². The third-order valence-corrected chi connectivity index (χ3v) is 3.56. The van der Waals surface area contributed by atoms with Crippen LogP contribution in [0.4, 0.5) is 0 Å². The molecule has 1 aliphatic carbocycles. The molecule has 1 aromatic carbocycles. The van der Waals surface area contributed by atoms with Crippen LogP contribution in [0, 0.1) is 0 Å². The van der Waals surface area contributed by atoms with E-state index in [4.69, 9.17) is 10.5 Å². The normalized spacial score (nSPS) is 13.5. The summed E-state index contributed by atoms with van der Waals surface area (Å²) >= 11 is 0. The molecule has 0 fully saturated rings. The van der Waals surface area contributed by atoms with Gasteiger partial charge in [0.2, 0.25) is 5.88 Å². The van der Waals surface area contributed by atoms with Crippen LogP contribution in [0.2, 0.25) is 0 Å². The second kappa shape index (κ2) is 5.44. The number of aromatic hydroxyl groups is 1. The number of rotatable bonds is 3. The summed E-state index contributed by atoms with van der Waals surface area (Å²) in [6, 6.07) is 8.13. The fourth-order valence-corrected chi connectivity index (χ4v) is 2.53. The molecule has 1 aromatic heterocycles. The number of carbonyl (C=O) groups excluding carboxylic acids is 1. The van der Waals surface area contributed by atoms with Gasteiger partial charge in [0.05, 0.1) is 0 Å². The molecule has 1 aliphatic rings. The van der Waals surface area contributed by atoms with Crippen molar-refractivity contribution >= 4 is 5.91 Å². The third-order valence-electron chi connectivity index (χ3n) is 3.56. The average Bonchev–Trinajstić information content (AvgIpc) is 2.46. The lowest BCUT2D eigenvalue weighted by molar-refractivity contribution is 0.0997. The van der Waals surface area contributed by atoms with Crippen LogP contribution >= 0.6 is 0 Å². The maximum atomic E-state index is 11.6. The van der Waals surface area contributed by atoms with Crippen molar-refractivity contribution in [2.75, 3.05) is 0 Å². The molecule has 0 bridgehead atoms. The Morgan fingerprint density at radius 1 is 1.24 bits per heavy atom. The van der Waals surface area contributed by atoms with Crippen LogP contribution in [0.5, 0.6) is 17.4 Å². The average molecular weight is 284 g/mol. The number of nitrogens with zero attached hydrogens (tertiary/aromatic N) is 1. The lowest BCUT2D eigenvalue weighted by Crippen LogP contribution is -2.16. The van der Waals surface area contributed by atoms with Gasteiger partial charge in [0.1, 0.15) is 17.1 Å². The highest BCUT2D eigenvalue weighted by molar-refractivity contribution is 5.95. The minimum absolute atomic E-state index is 0.0890. The predicted molar refractivity (Wildman–Crippen MR) is 77.6 cm³/mol. The molecule has 1 heterocycles. The van der Waals surface area contributed by atoms with Gasteiger partial charge in [-0.3, -0.25) is 4.79 Å². The number of aryl methyl sites for hydroxylation is 2. The van der Waals surface area contributed by atoms with E-state index in [2.05, 4.69) is 4.98 Å². The van der Waals surface area contributed by atoms with E-state index in [0.717, 1.165) is 36.9 Å². The zero-order valence-corrected chi connectivity index (χ0v) is 11.5. The van der Waals surface area contributed by atoms with Crippen LogP contribution in [0.25, 0.3) is 0 Å². The van der Waals surface area contributed by atoms with Crippen LogP contribution in [0.15, 0.2) is 30.3 Å². The van der Waals surface area contributed by atoms with Gasteiger partial charge >= 0.3 is 0 Å². The fourth-order valence-electron chi connectivity index (χ4n) is 2.53. The number of phenolic OH excluding ortho intramolecular Hbond substituents is 1. The number of fused-ring (bicyclic) bond motifs is 1. The molecule has 1 amide bonds. The highest BCUT2D eigenvalue weighted by Gasteiger charge is 2.19. The number of phenols is 1. The number of pyridine rings is 1. The maximum Gasteiger partial charge on any atom is 0.254 e. The number of hydrogen-bond donors (Lipinski definition) is 2. The summed E-state index contributed by atoms with van der Waals surface area (Å²) in [6.45, 7) is 0. The van der Waals surface area contributed by atoms with Crippen molar-refractivity contribution in [1.29, 1.82) is 0 Å². The molecular weight excluding hydrogens is 268 g/mol. The van der Waals surface area contributed by atoms with Gasteiger partial charge in [-0.15, -0.1) is 0 Å². The van der Waals surface area contributed by atoms with E-state index < -0.39 is 5.91 Å². The number of amides is 1. The Balaban J connectivity index is 2.01. The first kappa shape index (κ1) is 13.4. The van der Waals surface area contributed by atoms with Gasteiger partial charge in [0, 0.05) is 11.8 Å². The van der Waals surface area contributed by atoms with Gasteiger partial charge in [0.25, 0.3) is 5.91 Å². The summed E-state index contributed by atoms with van der Waals surface area (Å²) in [4.78, 5) is 16.1. The number of nitrogens with two attached hydrogens (primary N) is 1. The summed E-state index contributed by atoms with van der Waals surface area (Å²) in [6.07, 6.45) is 3.97. The van der Waals surface area contributed by atoms with Gasteiger partial charge in [-0.05, 0) is 49.4 Å². The topological polar surface area (TPSA) is 85.4 Å². The third kappa shape index (κ3) is 2.81. The van der Waals surface area contributed by atoms with Gasteiger partial charge in [0.15, 0.2) is 0 Å². The smallest absolute Gasteiger partial charge is 0.254 e. The summed E-state index contributed by atoms with van der Waals surface area (Å²) < 4.78 is 5.65. The van der Waals surface area contributed by atoms with Crippen molar-refractivity contribution in [2.24, 2.45) is 5.73 Å². The molecule has 3 N–H and O–H groups in total. The van der Waals surface area contributed by atoms with E-state index in [9.17, 15) is 9.90 Å². The minimum Gasteiger partial charge on any atom is -0.508 e. The van der Waals surface area contributed by atoms with Crippen LogP contribution < -0.4 is 10.5 Å². The molecule has 0 spiro atoms. The predicted octanol–water partition coefficient (Wildman–Crippen LogP) is 2.56. The Hall–Kier alpha value is -2.56. The second-order valence-electron chi connectivity index (χ2n) is 5.12. The van der Waals surface area contributed by atoms with E-state index in [-0.39, 0.29) is 17.2 Å². The summed E-state index contributed by atoms with van der Waals surface area (Å²) in [5.74, 6) is 0.145. The van der Waals surface area contributed by atoms with Crippen LogP contribution in [0.1, 0.15) is 34.5 Å². The lowest BCUT2D eigenvalue weighted by atomic mass is 9.95. The Morgan fingerprint density at radius 3 is 2.81 bits per heavy atom. The first-order valence-corrected chi connectivity index (χ1v) is 6.93. The summed E-state index contributed by atoms with van der Waals surface area (Å²) in [5, 5.41) is 9.47.